The fourth-order valence-electron chi connectivity index (χ4n) is 5.28. The second-order valence-corrected chi connectivity index (χ2v) is 11.0. The van der Waals surface area contributed by atoms with Crippen molar-refractivity contribution in [3.63, 3.8) is 0 Å². The number of hydrogen-bond donors (Lipinski definition) is 1. The van der Waals surface area contributed by atoms with Gasteiger partial charge in [-0.05, 0) is 44.7 Å². The summed E-state index contributed by atoms with van der Waals surface area (Å²) in [6, 6.07) is 5.91. The van der Waals surface area contributed by atoms with E-state index < -0.39 is 15.6 Å². The van der Waals surface area contributed by atoms with Gasteiger partial charge in [-0.1, -0.05) is 31.7 Å². The molecule has 0 unspecified atom stereocenters. The summed E-state index contributed by atoms with van der Waals surface area (Å²) in [5, 5.41) is 2.97. The van der Waals surface area contributed by atoms with Crippen LogP contribution in [-0.2, 0) is 14.8 Å². The second kappa shape index (κ2) is 7.75. The average Bonchev–Trinajstić information content (AvgIpc) is 2.95. The lowest BCUT2D eigenvalue weighted by Crippen LogP contribution is -2.53. The molecule has 6 nitrogen and oxygen atoms in total. The molecule has 1 aliphatic carbocycles. The summed E-state index contributed by atoms with van der Waals surface area (Å²) in [4.78, 5) is 17.2. The van der Waals surface area contributed by atoms with Crippen molar-refractivity contribution in [2.24, 2.45) is 0 Å². The van der Waals surface area contributed by atoms with Crippen LogP contribution in [0.15, 0.2) is 18.2 Å². The molecule has 0 bridgehead atoms. The maximum Gasteiger partial charge on any atom is 0.220 e. The van der Waals surface area contributed by atoms with E-state index in [1.807, 2.05) is 25.1 Å². The van der Waals surface area contributed by atoms with E-state index in [1.165, 1.54) is 0 Å². The number of nitrogens with one attached hydrogen (secondary N) is 1. The smallest absolute Gasteiger partial charge is 0.220 e. The van der Waals surface area contributed by atoms with Crippen molar-refractivity contribution in [3.8, 4) is 0 Å². The topological polar surface area (TPSA) is 79.4 Å². The van der Waals surface area contributed by atoms with Crippen molar-refractivity contribution in [2.45, 2.75) is 81.4 Å². The molecule has 28 heavy (non-hydrogen) atoms. The van der Waals surface area contributed by atoms with Gasteiger partial charge in [0.05, 0.1) is 10.8 Å². The molecule has 0 radical (unpaired) electrons. The molecule has 4 rings (SSSR count). The number of sulfonamides is 1. The summed E-state index contributed by atoms with van der Waals surface area (Å²) in [6.45, 7) is 2.74. The minimum absolute atomic E-state index is 0.0343. The highest BCUT2D eigenvalue weighted by molar-refractivity contribution is 7.89. The molecule has 3 aliphatic rings. The largest absolute Gasteiger partial charge is 0.349 e. The molecule has 1 saturated carbocycles. The Labute approximate surface area is 168 Å². The van der Waals surface area contributed by atoms with Crippen molar-refractivity contribution in [2.75, 3.05) is 13.1 Å². The van der Waals surface area contributed by atoms with Crippen LogP contribution in [0.25, 0.3) is 0 Å². The van der Waals surface area contributed by atoms with Crippen LogP contribution in [0.1, 0.15) is 75.1 Å². The molecule has 2 aliphatic heterocycles. The van der Waals surface area contributed by atoms with Crippen molar-refractivity contribution in [1.82, 2.24) is 14.6 Å². The maximum absolute atomic E-state index is 13.4. The van der Waals surface area contributed by atoms with E-state index in [-0.39, 0.29) is 17.1 Å². The first-order valence-corrected chi connectivity index (χ1v) is 12.1. The molecule has 1 amide bonds. The van der Waals surface area contributed by atoms with Crippen LogP contribution in [0.3, 0.4) is 0 Å². The van der Waals surface area contributed by atoms with Gasteiger partial charge in [0.1, 0.15) is 0 Å². The first-order chi connectivity index (χ1) is 13.4. The van der Waals surface area contributed by atoms with Crippen molar-refractivity contribution in [1.29, 1.82) is 0 Å². The Hall–Kier alpha value is -1.47. The fraction of sp³-hybridized carbons (Fsp3) is 0.714. The van der Waals surface area contributed by atoms with E-state index in [0.717, 1.165) is 62.8 Å². The number of carbonyl (C=O) groups excluding carboxylic acids is 1. The number of pyridine rings is 1. The summed E-state index contributed by atoms with van der Waals surface area (Å²) >= 11 is 0. The van der Waals surface area contributed by atoms with Crippen molar-refractivity contribution in [3.05, 3.63) is 29.6 Å². The predicted molar refractivity (Wildman–Crippen MR) is 108 cm³/mol. The monoisotopic (exact) mass is 405 g/mol. The van der Waals surface area contributed by atoms with Crippen molar-refractivity contribution >= 4 is 15.9 Å². The van der Waals surface area contributed by atoms with Gasteiger partial charge in [0.15, 0.2) is 0 Å². The molecule has 7 heteroatoms. The average molecular weight is 406 g/mol. The SMILES string of the molecule is Cc1cccc([C@@H]2CN(S(=O)(=O)C3CCCCC3)C[C@]23CCCCC(=O)N3)n1. The number of hydrogen-bond acceptors (Lipinski definition) is 4. The first-order valence-electron chi connectivity index (χ1n) is 10.6. The molecule has 0 aromatic carbocycles. The number of carbonyl (C=O) groups is 1. The Morgan fingerprint density at radius 1 is 1.14 bits per heavy atom. The molecule has 1 N–H and O–H groups in total. The Morgan fingerprint density at radius 3 is 2.68 bits per heavy atom. The lowest BCUT2D eigenvalue weighted by molar-refractivity contribution is -0.122. The van der Waals surface area contributed by atoms with Gasteiger partial charge in [0, 0.05) is 36.8 Å². The fourth-order valence-corrected chi connectivity index (χ4v) is 7.40. The number of nitrogens with zero attached hydrogens (tertiary/aromatic N) is 2. The van der Waals surface area contributed by atoms with Gasteiger partial charge in [0.25, 0.3) is 0 Å². The quantitative estimate of drug-likeness (QED) is 0.839. The molecular formula is C21H31N3O3S. The first kappa shape index (κ1) is 19.8. The van der Waals surface area contributed by atoms with E-state index in [4.69, 9.17) is 4.98 Å². The third-order valence-electron chi connectivity index (χ3n) is 6.78. The summed E-state index contributed by atoms with van der Waals surface area (Å²) in [7, 11) is -3.36. The van der Waals surface area contributed by atoms with E-state index in [0.29, 0.717) is 19.5 Å². The van der Waals surface area contributed by atoms with Crippen LogP contribution < -0.4 is 5.32 Å². The highest BCUT2D eigenvalue weighted by Gasteiger charge is 2.53. The molecule has 1 aromatic rings. The van der Waals surface area contributed by atoms with Gasteiger partial charge in [0.2, 0.25) is 15.9 Å². The Kier molecular flexibility index (Phi) is 5.49. The number of rotatable bonds is 3. The Morgan fingerprint density at radius 2 is 1.93 bits per heavy atom. The summed E-state index contributed by atoms with van der Waals surface area (Å²) in [6.07, 6.45) is 7.72. The molecule has 154 valence electrons. The van der Waals surface area contributed by atoms with E-state index in [9.17, 15) is 13.2 Å². The van der Waals surface area contributed by atoms with Crippen LogP contribution in [0, 0.1) is 6.92 Å². The highest BCUT2D eigenvalue weighted by atomic mass is 32.2. The molecule has 3 fully saturated rings. The van der Waals surface area contributed by atoms with Crippen LogP contribution in [0.2, 0.25) is 0 Å². The van der Waals surface area contributed by atoms with E-state index >= 15 is 0 Å². The third-order valence-corrected chi connectivity index (χ3v) is 9.09. The minimum Gasteiger partial charge on any atom is -0.349 e. The normalized spacial score (nSPS) is 30.3. The van der Waals surface area contributed by atoms with Gasteiger partial charge < -0.3 is 5.32 Å². The zero-order chi connectivity index (χ0) is 19.8. The number of aryl methyl sites for hydroxylation is 1. The van der Waals surface area contributed by atoms with Crippen molar-refractivity contribution < 1.29 is 13.2 Å². The lowest BCUT2D eigenvalue weighted by Gasteiger charge is -2.34. The molecule has 2 saturated heterocycles. The zero-order valence-corrected chi connectivity index (χ0v) is 17.5. The van der Waals surface area contributed by atoms with Crippen LogP contribution in [0.4, 0.5) is 0 Å². The molecule has 3 heterocycles. The van der Waals surface area contributed by atoms with Crippen LogP contribution >= 0.6 is 0 Å². The van der Waals surface area contributed by atoms with Crippen LogP contribution in [0.5, 0.6) is 0 Å². The standard InChI is InChI=1S/C21H31N3O3S/c1-16-8-7-11-19(22-16)18-14-24(28(26,27)17-9-3-2-4-10-17)15-21(18)13-6-5-12-20(25)23-21/h7-8,11,17-18H,2-6,9-10,12-15H2,1H3,(H,23,25)/t18-,21+/m0/s1. The summed E-state index contributed by atoms with van der Waals surface area (Å²) < 4.78 is 28.5. The number of amides is 1. The molecule has 1 spiro atoms. The van der Waals surface area contributed by atoms with Gasteiger partial charge in [-0.15, -0.1) is 0 Å². The number of aromatic nitrogens is 1. The summed E-state index contributed by atoms with van der Waals surface area (Å²) in [5.41, 5.74) is 1.26. The summed E-state index contributed by atoms with van der Waals surface area (Å²) in [5.74, 6) is -0.0696. The van der Waals surface area contributed by atoms with Gasteiger partial charge in [-0.25, -0.2) is 8.42 Å². The van der Waals surface area contributed by atoms with Gasteiger partial charge in [-0.2, -0.15) is 4.31 Å². The highest BCUT2D eigenvalue weighted by Crippen LogP contribution is 2.42. The second-order valence-electron chi connectivity index (χ2n) is 8.77. The molecule has 1 aromatic heterocycles. The Bertz CT molecular complexity index is 835. The van der Waals surface area contributed by atoms with Crippen LogP contribution in [-0.4, -0.2) is 47.5 Å². The maximum atomic E-state index is 13.4. The third kappa shape index (κ3) is 3.71. The molecular weight excluding hydrogens is 374 g/mol. The molecule has 2 atom stereocenters. The van der Waals surface area contributed by atoms with Gasteiger partial charge in [-0.3, -0.25) is 9.78 Å². The van der Waals surface area contributed by atoms with Gasteiger partial charge >= 0.3 is 0 Å². The van der Waals surface area contributed by atoms with E-state index in [1.54, 1.807) is 4.31 Å². The van der Waals surface area contributed by atoms with E-state index in [2.05, 4.69) is 5.32 Å². The lowest BCUT2D eigenvalue weighted by atomic mass is 9.81. The zero-order valence-electron chi connectivity index (χ0n) is 16.7. The predicted octanol–water partition coefficient (Wildman–Crippen LogP) is 2.88. The Balaban J connectivity index is 1.69. The minimum atomic E-state index is -3.36.